The van der Waals surface area contributed by atoms with Crippen molar-refractivity contribution in [2.24, 2.45) is 0 Å². The summed E-state index contributed by atoms with van der Waals surface area (Å²) in [5.41, 5.74) is 0. The van der Waals surface area contributed by atoms with Crippen molar-refractivity contribution in [3.63, 3.8) is 0 Å². The number of hydrogen-bond acceptors (Lipinski definition) is 4. The second-order valence-corrected chi connectivity index (χ2v) is 4.05. The van der Waals surface area contributed by atoms with Crippen molar-refractivity contribution in [3.8, 4) is 0 Å². The molecule has 0 radical (unpaired) electrons. The molecule has 1 heterocycles. The molecule has 0 bridgehead atoms. The lowest BCUT2D eigenvalue weighted by molar-refractivity contribution is 0.512. The third kappa shape index (κ3) is 3.40. The highest BCUT2D eigenvalue weighted by Gasteiger charge is 2.08. The zero-order valence-electron chi connectivity index (χ0n) is 8.50. The number of nitrogens with one attached hydrogen (secondary N) is 1. The molecule has 1 aromatic rings. The molecule has 1 unspecified atom stereocenters. The first-order chi connectivity index (χ1) is 6.26. The maximum Gasteiger partial charge on any atom is 0.139 e. The SMILES string of the molecule is CCCC(Cc1nc(C)ns1)NC. The largest absolute Gasteiger partial charge is 0.317 e. The summed E-state index contributed by atoms with van der Waals surface area (Å²) < 4.78 is 4.17. The van der Waals surface area contributed by atoms with Gasteiger partial charge in [-0.3, -0.25) is 0 Å². The highest BCUT2D eigenvalue weighted by molar-refractivity contribution is 7.05. The first kappa shape index (κ1) is 10.6. The molecule has 1 aromatic heterocycles. The van der Waals surface area contributed by atoms with Gasteiger partial charge in [0.05, 0.1) is 0 Å². The summed E-state index contributed by atoms with van der Waals surface area (Å²) in [5, 5.41) is 4.44. The maximum absolute atomic E-state index is 4.35. The topological polar surface area (TPSA) is 37.8 Å². The van der Waals surface area contributed by atoms with Crippen LogP contribution in [0, 0.1) is 6.92 Å². The van der Waals surface area contributed by atoms with Gasteiger partial charge in [0, 0.05) is 12.5 Å². The van der Waals surface area contributed by atoms with Crippen LogP contribution in [0.3, 0.4) is 0 Å². The summed E-state index contributed by atoms with van der Waals surface area (Å²) >= 11 is 1.52. The van der Waals surface area contributed by atoms with Crippen molar-refractivity contribution in [2.45, 2.75) is 39.2 Å². The van der Waals surface area contributed by atoms with Crippen molar-refractivity contribution >= 4 is 11.5 Å². The van der Waals surface area contributed by atoms with Crippen LogP contribution in [0.2, 0.25) is 0 Å². The van der Waals surface area contributed by atoms with E-state index in [1.807, 2.05) is 14.0 Å². The molecule has 4 heteroatoms. The van der Waals surface area contributed by atoms with Crippen molar-refractivity contribution < 1.29 is 0 Å². The third-order valence-corrected chi connectivity index (χ3v) is 2.86. The minimum Gasteiger partial charge on any atom is -0.317 e. The van der Waals surface area contributed by atoms with E-state index in [-0.39, 0.29) is 0 Å². The van der Waals surface area contributed by atoms with Crippen LogP contribution in [0.25, 0.3) is 0 Å². The lowest BCUT2D eigenvalue weighted by Gasteiger charge is -2.12. The highest BCUT2D eigenvalue weighted by atomic mass is 32.1. The molecule has 74 valence electrons. The number of nitrogens with zero attached hydrogens (tertiary/aromatic N) is 2. The van der Waals surface area contributed by atoms with Crippen LogP contribution in [-0.2, 0) is 6.42 Å². The van der Waals surface area contributed by atoms with Crippen molar-refractivity contribution in [2.75, 3.05) is 7.05 Å². The van der Waals surface area contributed by atoms with E-state index < -0.39 is 0 Å². The Hall–Kier alpha value is -0.480. The second kappa shape index (κ2) is 5.29. The predicted octanol–water partition coefficient (Wildman–Crippen LogP) is 1.78. The molecular weight excluding hydrogens is 182 g/mol. The van der Waals surface area contributed by atoms with Crippen LogP contribution in [0.4, 0.5) is 0 Å². The highest BCUT2D eigenvalue weighted by Crippen LogP contribution is 2.09. The van der Waals surface area contributed by atoms with Gasteiger partial charge in [-0.05, 0) is 31.9 Å². The lowest BCUT2D eigenvalue weighted by Crippen LogP contribution is -2.27. The Morgan fingerprint density at radius 3 is 2.77 bits per heavy atom. The molecule has 0 aromatic carbocycles. The Morgan fingerprint density at radius 1 is 1.54 bits per heavy atom. The van der Waals surface area contributed by atoms with Gasteiger partial charge in [0.1, 0.15) is 10.8 Å². The third-order valence-electron chi connectivity index (χ3n) is 2.04. The van der Waals surface area contributed by atoms with Gasteiger partial charge in [0.2, 0.25) is 0 Å². The van der Waals surface area contributed by atoms with Crippen LogP contribution in [0.1, 0.15) is 30.6 Å². The molecule has 0 aliphatic rings. The molecule has 1 rings (SSSR count). The van der Waals surface area contributed by atoms with E-state index in [4.69, 9.17) is 0 Å². The van der Waals surface area contributed by atoms with E-state index in [2.05, 4.69) is 21.6 Å². The average molecular weight is 199 g/mol. The lowest BCUT2D eigenvalue weighted by atomic mass is 10.1. The van der Waals surface area contributed by atoms with Crippen LogP contribution in [-0.4, -0.2) is 22.4 Å². The van der Waals surface area contributed by atoms with Gasteiger partial charge in [-0.1, -0.05) is 13.3 Å². The van der Waals surface area contributed by atoms with Gasteiger partial charge >= 0.3 is 0 Å². The molecule has 0 saturated heterocycles. The normalized spacial score (nSPS) is 13.2. The number of aryl methyl sites for hydroxylation is 1. The monoisotopic (exact) mass is 199 g/mol. The van der Waals surface area contributed by atoms with Crippen LogP contribution < -0.4 is 5.32 Å². The van der Waals surface area contributed by atoms with E-state index in [0.29, 0.717) is 6.04 Å². The Balaban J connectivity index is 2.46. The van der Waals surface area contributed by atoms with Crippen LogP contribution >= 0.6 is 11.5 Å². The smallest absolute Gasteiger partial charge is 0.139 e. The van der Waals surface area contributed by atoms with E-state index >= 15 is 0 Å². The average Bonchev–Trinajstić information content (AvgIpc) is 2.50. The molecule has 13 heavy (non-hydrogen) atoms. The summed E-state index contributed by atoms with van der Waals surface area (Å²) in [6, 6.07) is 0.553. The number of hydrogen-bond donors (Lipinski definition) is 1. The molecule has 3 nitrogen and oxygen atoms in total. The molecule has 1 atom stereocenters. The Morgan fingerprint density at radius 2 is 2.31 bits per heavy atom. The molecule has 0 amide bonds. The van der Waals surface area contributed by atoms with Crippen LogP contribution in [0.5, 0.6) is 0 Å². The zero-order valence-corrected chi connectivity index (χ0v) is 9.32. The molecule has 1 N–H and O–H groups in total. The minimum absolute atomic E-state index is 0.553. The van der Waals surface area contributed by atoms with E-state index in [9.17, 15) is 0 Å². The maximum atomic E-state index is 4.35. The van der Waals surface area contributed by atoms with E-state index in [1.54, 1.807) is 0 Å². The molecule has 0 fully saturated rings. The summed E-state index contributed by atoms with van der Waals surface area (Å²) in [6.45, 7) is 4.14. The molecular formula is C9H17N3S. The molecule has 0 saturated carbocycles. The standard InChI is InChI=1S/C9H17N3S/c1-4-5-8(10-3)6-9-11-7(2)12-13-9/h8,10H,4-6H2,1-3H3. The van der Waals surface area contributed by atoms with E-state index in [1.165, 1.54) is 24.4 Å². The first-order valence-corrected chi connectivity index (χ1v) is 5.50. The minimum atomic E-state index is 0.553. The summed E-state index contributed by atoms with van der Waals surface area (Å²) in [7, 11) is 2.01. The van der Waals surface area contributed by atoms with E-state index in [0.717, 1.165) is 17.3 Å². The Labute approximate surface area is 83.8 Å². The van der Waals surface area contributed by atoms with Crippen molar-refractivity contribution in [1.82, 2.24) is 14.7 Å². The van der Waals surface area contributed by atoms with Gasteiger partial charge in [-0.2, -0.15) is 4.37 Å². The van der Waals surface area contributed by atoms with Gasteiger partial charge in [0.15, 0.2) is 0 Å². The van der Waals surface area contributed by atoms with Gasteiger partial charge in [-0.15, -0.1) is 0 Å². The number of likely N-dealkylation sites (N-methyl/N-ethyl adjacent to an activating group) is 1. The molecule has 0 spiro atoms. The zero-order chi connectivity index (χ0) is 9.68. The van der Waals surface area contributed by atoms with Crippen LogP contribution in [0.15, 0.2) is 0 Å². The predicted molar refractivity (Wildman–Crippen MR) is 56.1 cm³/mol. The summed E-state index contributed by atoms with van der Waals surface area (Å²) in [5.74, 6) is 0.895. The van der Waals surface area contributed by atoms with Crippen molar-refractivity contribution in [3.05, 3.63) is 10.8 Å². The number of rotatable bonds is 5. The Bertz CT molecular complexity index is 247. The van der Waals surface area contributed by atoms with Crippen molar-refractivity contribution in [1.29, 1.82) is 0 Å². The van der Waals surface area contributed by atoms with Gasteiger partial charge < -0.3 is 5.32 Å². The Kier molecular flexibility index (Phi) is 4.32. The number of aromatic nitrogens is 2. The summed E-state index contributed by atoms with van der Waals surface area (Å²) in [6.07, 6.45) is 3.42. The quantitative estimate of drug-likeness (QED) is 0.785. The fraction of sp³-hybridized carbons (Fsp3) is 0.778. The molecule has 0 aliphatic carbocycles. The fourth-order valence-electron chi connectivity index (χ4n) is 1.33. The molecule has 0 aliphatic heterocycles. The van der Waals surface area contributed by atoms with Gasteiger partial charge in [0.25, 0.3) is 0 Å². The second-order valence-electron chi connectivity index (χ2n) is 3.21. The van der Waals surface area contributed by atoms with Gasteiger partial charge in [-0.25, -0.2) is 4.98 Å². The fourth-order valence-corrected chi connectivity index (χ4v) is 2.06. The summed E-state index contributed by atoms with van der Waals surface area (Å²) in [4.78, 5) is 4.35. The first-order valence-electron chi connectivity index (χ1n) is 4.72.